The number of rotatable bonds is 8. The number of likely N-dealkylation sites (tertiary alicyclic amines) is 1. The Morgan fingerprint density at radius 3 is 2.78 bits per heavy atom. The van der Waals surface area contributed by atoms with Crippen LogP contribution in [0.2, 0.25) is 0 Å². The van der Waals surface area contributed by atoms with E-state index in [-0.39, 0.29) is 23.7 Å². The third-order valence-electron chi connectivity index (χ3n) is 5.63. The predicted molar refractivity (Wildman–Crippen MR) is 96.7 cm³/mol. The number of amides is 3. The summed E-state index contributed by atoms with van der Waals surface area (Å²) in [4.78, 5) is 39.3. The quantitative estimate of drug-likeness (QED) is 0.475. The summed E-state index contributed by atoms with van der Waals surface area (Å²) in [6.07, 6.45) is 6.32. The summed E-state index contributed by atoms with van der Waals surface area (Å²) in [6.45, 7) is 2.56. The van der Waals surface area contributed by atoms with Crippen LogP contribution in [0.1, 0.15) is 51.9 Å². The molecule has 0 aromatic carbocycles. The molecular formula is C19H27N3O5. The standard InChI is InChI=1S/C19H27N3O5/c1-2-3-5-13(10-15(23)21-26)18(25)22-12-19(7-8-19)11-14(22)17(24)20-16-6-4-9-27-16/h4,6,9,13-14,26H,2-3,5,7-8,10-12H2,1H3,(H,20,24)(H,21,23)/t13-,14+/m1/s1. The van der Waals surface area contributed by atoms with Crippen LogP contribution in [-0.4, -0.2) is 40.4 Å². The molecule has 3 N–H and O–H groups in total. The molecule has 0 radical (unpaired) electrons. The average Bonchev–Trinajstić information content (AvgIpc) is 3.05. The molecule has 3 amide bonds. The first-order valence-corrected chi connectivity index (χ1v) is 9.56. The van der Waals surface area contributed by atoms with E-state index in [1.807, 2.05) is 6.92 Å². The Morgan fingerprint density at radius 2 is 2.19 bits per heavy atom. The lowest BCUT2D eigenvalue weighted by molar-refractivity contribution is -0.143. The molecule has 8 heteroatoms. The molecule has 0 bridgehead atoms. The van der Waals surface area contributed by atoms with Crippen molar-refractivity contribution < 1.29 is 24.0 Å². The SMILES string of the molecule is CCCC[C@H](CC(=O)NO)C(=O)N1CC2(CC2)C[C@H]1C(=O)Nc1ccco1. The van der Waals surface area contributed by atoms with E-state index in [9.17, 15) is 14.4 Å². The van der Waals surface area contributed by atoms with Crippen molar-refractivity contribution in [3.05, 3.63) is 18.4 Å². The monoisotopic (exact) mass is 377 g/mol. The molecule has 27 heavy (non-hydrogen) atoms. The number of unbranched alkanes of at least 4 members (excludes halogenated alkanes) is 1. The lowest BCUT2D eigenvalue weighted by Gasteiger charge is -2.28. The molecule has 0 unspecified atom stereocenters. The van der Waals surface area contributed by atoms with E-state index in [1.165, 1.54) is 6.26 Å². The molecule has 2 atom stereocenters. The van der Waals surface area contributed by atoms with Gasteiger partial charge in [0.1, 0.15) is 6.04 Å². The van der Waals surface area contributed by atoms with E-state index in [2.05, 4.69) is 5.32 Å². The van der Waals surface area contributed by atoms with Gasteiger partial charge in [0.2, 0.25) is 17.7 Å². The first-order valence-electron chi connectivity index (χ1n) is 9.56. The summed E-state index contributed by atoms with van der Waals surface area (Å²) in [6, 6.07) is 2.78. The van der Waals surface area contributed by atoms with E-state index in [4.69, 9.17) is 9.62 Å². The van der Waals surface area contributed by atoms with Gasteiger partial charge in [0.05, 0.1) is 6.26 Å². The van der Waals surface area contributed by atoms with Gasteiger partial charge >= 0.3 is 0 Å². The Balaban J connectivity index is 1.74. The lowest BCUT2D eigenvalue weighted by Crippen LogP contribution is -2.46. The van der Waals surface area contributed by atoms with E-state index in [1.54, 1.807) is 22.5 Å². The topological polar surface area (TPSA) is 112 Å². The molecule has 148 valence electrons. The number of hydrogen-bond acceptors (Lipinski definition) is 5. The fourth-order valence-corrected chi connectivity index (χ4v) is 3.88. The number of nitrogens with one attached hydrogen (secondary N) is 2. The van der Waals surface area contributed by atoms with Crippen LogP contribution in [0.5, 0.6) is 0 Å². The Labute approximate surface area is 158 Å². The van der Waals surface area contributed by atoms with Crippen molar-refractivity contribution in [1.82, 2.24) is 10.4 Å². The molecule has 1 aromatic rings. The van der Waals surface area contributed by atoms with Crippen molar-refractivity contribution in [1.29, 1.82) is 0 Å². The highest BCUT2D eigenvalue weighted by Gasteiger charge is 2.55. The van der Waals surface area contributed by atoms with Gasteiger partial charge in [0.15, 0.2) is 5.88 Å². The van der Waals surface area contributed by atoms with Gasteiger partial charge < -0.3 is 9.32 Å². The third-order valence-corrected chi connectivity index (χ3v) is 5.63. The fourth-order valence-electron chi connectivity index (χ4n) is 3.88. The number of furan rings is 1. The van der Waals surface area contributed by atoms with Gasteiger partial charge in [-0.15, -0.1) is 0 Å². The van der Waals surface area contributed by atoms with Crippen molar-refractivity contribution in [2.75, 3.05) is 11.9 Å². The number of carbonyl (C=O) groups excluding carboxylic acids is 3. The van der Waals surface area contributed by atoms with Gasteiger partial charge in [-0.2, -0.15) is 0 Å². The van der Waals surface area contributed by atoms with Gasteiger partial charge in [-0.1, -0.05) is 19.8 Å². The summed E-state index contributed by atoms with van der Waals surface area (Å²) in [5.41, 5.74) is 1.65. The minimum atomic E-state index is -0.582. The molecule has 2 heterocycles. The van der Waals surface area contributed by atoms with Crippen molar-refractivity contribution >= 4 is 23.6 Å². The van der Waals surface area contributed by atoms with Crippen molar-refractivity contribution in [3.63, 3.8) is 0 Å². The van der Waals surface area contributed by atoms with E-state index < -0.39 is 17.9 Å². The fraction of sp³-hybridized carbons (Fsp3) is 0.632. The molecule has 3 rings (SSSR count). The molecule has 8 nitrogen and oxygen atoms in total. The lowest BCUT2D eigenvalue weighted by atomic mass is 9.96. The first-order chi connectivity index (χ1) is 13.0. The van der Waals surface area contributed by atoms with E-state index in [0.29, 0.717) is 25.3 Å². The van der Waals surface area contributed by atoms with Crippen LogP contribution < -0.4 is 10.8 Å². The zero-order valence-electron chi connectivity index (χ0n) is 15.6. The van der Waals surface area contributed by atoms with Crippen LogP contribution >= 0.6 is 0 Å². The second kappa shape index (κ2) is 8.12. The molecule has 1 aliphatic carbocycles. The van der Waals surface area contributed by atoms with Crippen LogP contribution in [0.25, 0.3) is 0 Å². The first kappa shape index (κ1) is 19.4. The molecule has 1 saturated carbocycles. The zero-order chi connectivity index (χ0) is 19.4. The minimum Gasteiger partial charge on any atom is -0.449 e. The highest BCUT2D eigenvalue weighted by Crippen LogP contribution is 2.55. The Bertz CT molecular complexity index is 684. The van der Waals surface area contributed by atoms with Gasteiger partial charge in [-0.3, -0.25) is 24.9 Å². The predicted octanol–water partition coefficient (Wildman–Crippen LogP) is 2.30. The maximum absolute atomic E-state index is 13.2. The summed E-state index contributed by atoms with van der Waals surface area (Å²) >= 11 is 0. The highest BCUT2D eigenvalue weighted by atomic mass is 16.5. The van der Waals surface area contributed by atoms with Crippen molar-refractivity contribution in [2.45, 2.75) is 57.9 Å². The number of carbonyl (C=O) groups is 3. The van der Waals surface area contributed by atoms with Crippen LogP contribution in [0.15, 0.2) is 22.8 Å². The maximum Gasteiger partial charge on any atom is 0.249 e. The smallest absolute Gasteiger partial charge is 0.249 e. The molecule has 2 aliphatic rings. The minimum absolute atomic E-state index is 0.0371. The largest absolute Gasteiger partial charge is 0.449 e. The highest BCUT2D eigenvalue weighted by molar-refractivity contribution is 5.97. The average molecular weight is 377 g/mol. The Hall–Kier alpha value is -2.35. The van der Waals surface area contributed by atoms with E-state index in [0.717, 1.165) is 25.7 Å². The van der Waals surface area contributed by atoms with Crippen LogP contribution in [0.4, 0.5) is 5.88 Å². The van der Waals surface area contributed by atoms with E-state index >= 15 is 0 Å². The number of hydroxylamine groups is 1. The molecule has 1 saturated heterocycles. The molecule has 1 aromatic heterocycles. The summed E-state index contributed by atoms with van der Waals surface area (Å²) < 4.78 is 5.18. The Morgan fingerprint density at radius 1 is 1.41 bits per heavy atom. The number of anilines is 1. The van der Waals surface area contributed by atoms with Crippen LogP contribution in [0, 0.1) is 11.3 Å². The van der Waals surface area contributed by atoms with Gasteiger partial charge in [0, 0.05) is 24.9 Å². The van der Waals surface area contributed by atoms with Crippen molar-refractivity contribution in [3.8, 4) is 0 Å². The zero-order valence-corrected chi connectivity index (χ0v) is 15.6. The molecule has 1 aliphatic heterocycles. The summed E-state index contributed by atoms with van der Waals surface area (Å²) in [5, 5.41) is 11.6. The van der Waals surface area contributed by atoms with Crippen LogP contribution in [0.3, 0.4) is 0 Å². The Kier molecular flexibility index (Phi) is 5.84. The van der Waals surface area contributed by atoms with Gasteiger partial charge in [-0.05, 0) is 37.2 Å². The van der Waals surface area contributed by atoms with Gasteiger partial charge in [-0.25, -0.2) is 5.48 Å². The number of hydrogen-bond donors (Lipinski definition) is 3. The second-order valence-electron chi connectivity index (χ2n) is 7.73. The molecular weight excluding hydrogens is 350 g/mol. The van der Waals surface area contributed by atoms with Crippen molar-refractivity contribution in [2.24, 2.45) is 11.3 Å². The normalized spacial score (nSPS) is 21.1. The third kappa shape index (κ3) is 4.50. The van der Waals surface area contributed by atoms with Crippen LogP contribution in [-0.2, 0) is 14.4 Å². The molecule has 1 spiro atoms. The molecule has 2 fully saturated rings. The van der Waals surface area contributed by atoms with Gasteiger partial charge in [0.25, 0.3) is 0 Å². The number of nitrogens with zero attached hydrogens (tertiary/aromatic N) is 1. The second-order valence-corrected chi connectivity index (χ2v) is 7.73. The maximum atomic E-state index is 13.2. The summed E-state index contributed by atoms with van der Waals surface area (Å²) in [5.74, 6) is -1.21. The summed E-state index contributed by atoms with van der Waals surface area (Å²) in [7, 11) is 0.